The molecule has 9 heteroatoms. The first kappa shape index (κ1) is 22.5. The molecule has 0 aliphatic rings. The molecule has 2 aromatic carbocycles. The largest absolute Gasteiger partial charge is 0.493 e. The number of ether oxygens (including phenoxy) is 2. The van der Waals surface area contributed by atoms with E-state index in [0.29, 0.717) is 23.4 Å². The van der Waals surface area contributed by atoms with Crippen molar-refractivity contribution in [1.29, 1.82) is 0 Å². The van der Waals surface area contributed by atoms with Crippen molar-refractivity contribution >= 4 is 26.7 Å². The SMILES string of the molecule is COc1cc(C)cc(S(=O)(=O)c2ccc(CCC(=O)c3cnc4[nH]ncc4c3)cc2)c1OC. The van der Waals surface area contributed by atoms with Crippen molar-refractivity contribution in [3.05, 3.63) is 71.5 Å². The molecule has 1 N–H and O–H groups in total. The second-order valence-corrected chi connectivity index (χ2v) is 9.52. The lowest BCUT2D eigenvalue weighted by Gasteiger charge is -2.14. The summed E-state index contributed by atoms with van der Waals surface area (Å²) in [5.41, 5.74) is 2.74. The molecule has 0 aliphatic carbocycles. The standard InChI is InChI=1S/C24H23N3O5S/c1-15-10-21(31-2)23(32-3)22(11-15)33(29,30)19-7-4-16(5-8-19)6-9-20(28)17-12-18-14-26-27-24(18)25-13-17/h4-5,7-8,10-14H,6,9H2,1-3H3,(H,25,26,27). The number of carbonyl (C=O) groups excluding carboxylic acids is 1. The first-order valence-corrected chi connectivity index (χ1v) is 11.7. The van der Waals surface area contributed by atoms with E-state index in [-0.39, 0.29) is 27.7 Å². The summed E-state index contributed by atoms with van der Waals surface area (Å²) < 4.78 is 37.2. The Hall–Kier alpha value is -3.72. The zero-order valence-corrected chi connectivity index (χ0v) is 19.3. The number of aromatic amines is 1. The summed E-state index contributed by atoms with van der Waals surface area (Å²) in [4.78, 5) is 16.9. The second-order valence-electron chi connectivity index (χ2n) is 7.60. The molecule has 2 heterocycles. The van der Waals surface area contributed by atoms with Crippen LogP contribution in [-0.2, 0) is 16.3 Å². The Bertz CT molecular complexity index is 1430. The highest BCUT2D eigenvalue weighted by Crippen LogP contribution is 2.38. The van der Waals surface area contributed by atoms with Crippen molar-refractivity contribution in [3.8, 4) is 11.5 Å². The van der Waals surface area contributed by atoms with Crippen LogP contribution in [0, 0.1) is 6.92 Å². The predicted octanol–water partition coefficient (Wildman–Crippen LogP) is 3.93. The van der Waals surface area contributed by atoms with E-state index in [1.54, 1.807) is 55.6 Å². The molecule has 33 heavy (non-hydrogen) atoms. The number of aryl methyl sites for hydroxylation is 2. The highest BCUT2D eigenvalue weighted by atomic mass is 32.2. The third-order valence-electron chi connectivity index (χ3n) is 5.37. The smallest absolute Gasteiger partial charge is 0.210 e. The summed E-state index contributed by atoms with van der Waals surface area (Å²) in [5, 5.41) is 7.44. The Morgan fingerprint density at radius 3 is 2.48 bits per heavy atom. The molecule has 0 unspecified atom stereocenters. The molecule has 0 amide bonds. The van der Waals surface area contributed by atoms with Crippen LogP contribution < -0.4 is 9.47 Å². The minimum atomic E-state index is -3.83. The number of H-pyrrole nitrogens is 1. The molecule has 0 aliphatic heterocycles. The lowest BCUT2D eigenvalue weighted by molar-refractivity contribution is 0.0982. The van der Waals surface area contributed by atoms with Crippen LogP contribution in [0.1, 0.15) is 27.9 Å². The van der Waals surface area contributed by atoms with Crippen LogP contribution in [-0.4, -0.2) is 43.6 Å². The molecule has 0 radical (unpaired) electrons. The Kier molecular flexibility index (Phi) is 6.15. The normalized spacial score (nSPS) is 11.5. The van der Waals surface area contributed by atoms with Gasteiger partial charge in [0.15, 0.2) is 22.9 Å². The summed E-state index contributed by atoms with van der Waals surface area (Å²) >= 11 is 0. The minimum absolute atomic E-state index is 0.0427. The van der Waals surface area contributed by atoms with Crippen LogP contribution in [0.2, 0.25) is 0 Å². The van der Waals surface area contributed by atoms with Gasteiger partial charge in [-0.1, -0.05) is 12.1 Å². The van der Waals surface area contributed by atoms with E-state index in [1.165, 1.54) is 20.4 Å². The summed E-state index contributed by atoms with van der Waals surface area (Å²) in [7, 11) is -0.958. The molecule has 0 saturated heterocycles. The number of hydrogen-bond acceptors (Lipinski definition) is 7. The van der Waals surface area contributed by atoms with Crippen molar-refractivity contribution < 1.29 is 22.7 Å². The summed E-state index contributed by atoms with van der Waals surface area (Å²) in [6, 6.07) is 11.6. The van der Waals surface area contributed by atoms with Gasteiger partial charge in [0.25, 0.3) is 0 Å². The lowest BCUT2D eigenvalue weighted by atomic mass is 10.0. The number of pyridine rings is 1. The molecular weight excluding hydrogens is 442 g/mol. The maximum absolute atomic E-state index is 13.3. The fraction of sp³-hybridized carbons (Fsp3) is 0.208. The van der Waals surface area contributed by atoms with E-state index < -0.39 is 9.84 Å². The van der Waals surface area contributed by atoms with Gasteiger partial charge >= 0.3 is 0 Å². The van der Waals surface area contributed by atoms with Crippen LogP contribution in [0.5, 0.6) is 11.5 Å². The van der Waals surface area contributed by atoms with Gasteiger partial charge in [0, 0.05) is 23.6 Å². The summed E-state index contributed by atoms with van der Waals surface area (Å²) in [5.74, 6) is 0.481. The number of methoxy groups -OCH3 is 2. The maximum Gasteiger partial charge on any atom is 0.210 e. The topological polar surface area (TPSA) is 111 Å². The number of rotatable bonds is 8. The molecule has 4 rings (SSSR count). The molecule has 0 spiro atoms. The van der Waals surface area contributed by atoms with E-state index in [0.717, 1.165) is 16.5 Å². The molecule has 2 aromatic heterocycles. The van der Waals surface area contributed by atoms with Gasteiger partial charge in [-0.2, -0.15) is 5.10 Å². The van der Waals surface area contributed by atoms with Crippen molar-refractivity contribution in [2.45, 2.75) is 29.6 Å². The van der Waals surface area contributed by atoms with Crippen molar-refractivity contribution in [2.75, 3.05) is 14.2 Å². The van der Waals surface area contributed by atoms with Gasteiger partial charge in [-0.15, -0.1) is 0 Å². The van der Waals surface area contributed by atoms with Crippen LogP contribution in [0.25, 0.3) is 11.0 Å². The van der Waals surface area contributed by atoms with Crippen molar-refractivity contribution in [3.63, 3.8) is 0 Å². The number of aromatic nitrogens is 3. The van der Waals surface area contributed by atoms with E-state index in [9.17, 15) is 13.2 Å². The number of nitrogens with zero attached hydrogens (tertiary/aromatic N) is 2. The van der Waals surface area contributed by atoms with Gasteiger partial charge in [-0.05, 0) is 54.8 Å². The first-order chi connectivity index (χ1) is 15.8. The van der Waals surface area contributed by atoms with Crippen LogP contribution in [0.3, 0.4) is 0 Å². The Morgan fingerprint density at radius 2 is 1.79 bits per heavy atom. The highest BCUT2D eigenvalue weighted by molar-refractivity contribution is 7.91. The number of sulfone groups is 1. The monoisotopic (exact) mass is 465 g/mol. The molecule has 8 nitrogen and oxygen atoms in total. The highest BCUT2D eigenvalue weighted by Gasteiger charge is 2.25. The molecule has 0 atom stereocenters. The third kappa shape index (κ3) is 4.45. The van der Waals surface area contributed by atoms with Crippen LogP contribution in [0.4, 0.5) is 0 Å². The Labute approximate surface area is 191 Å². The first-order valence-electron chi connectivity index (χ1n) is 10.2. The van der Waals surface area contributed by atoms with Crippen LogP contribution >= 0.6 is 0 Å². The number of fused-ring (bicyclic) bond motifs is 1. The molecule has 0 bridgehead atoms. The molecule has 170 valence electrons. The fourth-order valence-corrected chi connectivity index (χ4v) is 5.13. The molecule has 0 fully saturated rings. The van der Waals surface area contributed by atoms with Gasteiger partial charge in [-0.25, -0.2) is 13.4 Å². The van der Waals surface area contributed by atoms with E-state index >= 15 is 0 Å². The molecule has 4 aromatic rings. The third-order valence-corrected chi connectivity index (χ3v) is 7.14. The average Bonchev–Trinajstić information content (AvgIpc) is 3.30. The zero-order chi connectivity index (χ0) is 23.6. The fourth-order valence-electron chi connectivity index (χ4n) is 3.61. The number of Topliss-reactive ketones (excluding diaryl/α,β-unsaturated/α-hetero) is 1. The van der Waals surface area contributed by atoms with Gasteiger partial charge in [-0.3, -0.25) is 9.89 Å². The second kappa shape index (κ2) is 9.03. The summed E-state index contributed by atoms with van der Waals surface area (Å²) in [6.45, 7) is 1.79. The summed E-state index contributed by atoms with van der Waals surface area (Å²) in [6.07, 6.45) is 3.91. The van der Waals surface area contributed by atoms with Gasteiger partial charge in [0.05, 0.1) is 25.3 Å². The van der Waals surface area contributed by atoms with E-state index in [1.807, 2.05) is 0 Å². The molecular formula is C24H23N3O5S. The average molecular weight is 466 g/mol. The van der Waals surface area contributed by atoms with E-state index in [2.05, 4.69) is 15.2 Å². The van der Waals surface area contributed by atoms with Crippen molar-refractivity contribution in [1.82, 2.24) is 15.2 Å². The Morgan fingerprint density at radius 1 is 1.03 bits per heavy atom. The van der Waals surface area contributed by atoms with Crippen LogP contribution in [0.15, 0.2) is 64.6 Å². The Balaban J connectivity index is 1.52. The number of benzene rings is 2. The zero-order valence-electron chi connectivity index (χ0n) is 18.5. The number of nitrogens with one attached hydrogen (secondary N) is 1. The van der Waals surface area contributed by atoms with Crippen molar-refractivity contribution in [2.24, 2.45) is 0 Å². The minimum Gasteiger partial charge on any atom is -0.493 e. The van der Waals surface area contributed by atoms with Gasteiger partial charge in [0.1, 0.15) is 4.90 Å². The number of hydrogen-bond donors (Lipinski definition) is 1. The van der Waals surface area contributed by atoms with E-state index in [4.69, 9.17) is 9.47 Å². The molecule has 0 saturated carbocycles. The maximum atomic E-state index is 13.3. The number of carbonyl (C=O) groups is 1. The number of ketones is 1. The predicted molar refractivity (Wildman–Crippen MR) is 123 cm³/mol. The lowest BCUT2D eigenvalue weighted by Crippen LogP contribution is -2.07. The quantitative estimate of drug-likeness (QED) is 0.392. The van der Waals surface area contributed by atoms with Gasteiger partial charge < -0.3 is 9.47 Å². The van der Waals surface area contributed by atoms with Gasteiger partial charge in [0.2, 0.25) is 9.84 Å².